The number of carbonyl (C=O) groups excluding carboxylic acids is 2. The number of amides is 1. The first-order valence-corrected chi connectivity index (χ1v) is 6.19. The Kier molecular flexibility index (Phi) is 5.34. The molecule has 0 saturated carbocycles. The van der Waals surface area contributed by atoms with Gasteiger partial charge in [0.15, 0.2) is 0 Å². The maximum atomic E-state index is 11.5. The van der Waals surface area contributed by atoms with Gasteiger partial charge in [0.05, 0.1) is 23.5 Å². The monoisotopic (exact) mass is 244 g/mol. The van der Waals surface area contributed by atoms with E-state index in [2.05, 4.69) is 0 Å². The highest BCUT2D eigenvalue weighted by Crippen LogP contribution is 2.28. The predicted octanol–water partition coefficient (Wildman–Crippen LogP) is 0.315. The molecule has 1 fully saturated rings. The fourth-order valence-corrected chi connectivity index (χ4v) is 2.26. The van der Waals surface area contributed by atoms with Gasteiger partial charge in [0, 0.05) is 6.54 Å². The fraction of sp³-hybridized carbons (Fsp3) is 0.600. The Morgan fingerprint density at radius 3 is 3.06 bits per heavy atom. The molecule has 0 atom stereocenters. The van der Waals surface area contributed by atoms with Crippen LogP contribution >= 0.6 is 11.8 Å². The molecule has 0 aromatic carbocycles. The first-order chi connectivity index (χ1) is 7.69. The van der Waals surface area contributed by atoms with Gasteiger partial charge in [0.25, 0.3) is 0 Å². The number of nitrogens with two attached hydrogens (primary N) is 1. The van der Waals surface area contributed by atoms with Crippen molar-refractivity contribution in [3.8, 4) is 0 Å². The fourth-order valence-electron chi connectivity index (χ4n) is 1.30. The van der Waals surface area contributed by atoms with E-state index in [1.54, 1.807) is 11.8 Å². The average Bonchev–Trinajstić information content (AvgIpc) is 2.57. The van der Waals surface area contributed by atoms with E-state index in [1.807, 2.05) is 0 Å². The van der Waals surface area contributed by atoms with Gasteiger partial charge in [-0.05, 0) is 19.9 Å². The Morgan fingerprint density at radius 1 is 1.69 bits per heavy atom. The molecule has 2 N–H and O–H groups in total. The lowest BCUT2D eigenvalue weighted by Crippen LogP contribution is -2.27. The Balaban J connectivity index is 2.63. The van der Waals surface area contributed by atoms with Crippen molar-refractivity contribution in [2.75, 3.05) is 25.4 Å². The Bertz CT molecular complexity index is 304. The van der Waals surface area contributed by atoms with Gasteiger partial charge in [-0.3, -0.25) is 4.79 Å². The van der Waals surface area contributed by atoms with E-state index in [1.165, 1.54) is 17.8 Å². The summed E-state index contributed by atoms with van der Waals surface area (Å²) in [4.78, 5) is 24.3. The molecule has 1 aliphatic rings. The molecular formula is C10H16N2O3S. The third-order valence-corrected chi connectivity index (χ3v) is 3.05. The van der Waals surface area contributed by atoms with Crippen LogP contribution in [0.3, 0.4) is 0 Å². The predicted molar refractivity (Wildman–Crippen MR) is 62.6 cm³/mol. The number of thioether (sulfide) groups is 1. The van der Waals surface area contributed by atoms with Crippen LogP contribution in [-0.2, 0) is 14.3 Å². The van der Waals surface area contributed by atoms with Crippen LogP contribution in [0.15, 0.2) is 11.1 Å². The van der Waals surface area contributed by atoms with Crippen molar-refractivity contribution in [3.63, 3.8) is 0 Å². The number of hydrogen-bond acceptors (Lipinski definition) is 5. The van der Waals surface area contributed by atoms with Crippen LogP contribution in [0.25, 0.3) is 0 Å². The molecule has 0 bridgehead atoms. The molecule has 0 aromatic rings. The first kappa shape index (κ1) is 13.1. The molecule has 6 heteroatoms. The summed E-state index contributed by atoms with van der Waals surface area (Å²) >= 11 is 1.36. The van der Waals surface area contributed by atoms with Crippen LogP contribution in [-0.4, -0.2) is 42.2 Å². The van der Waals surface area contributed by atoms with Crippen molar-refractivity contribution in [2.45, 2.75) is 13.3 Å². The van der Waals surface area contributed by atoms with Gasteiger partial charge >= 0.3 is 5.97 Å². The minimum absolute atomic E-state index is 0.0222. The summed E-state index contributed by atoms with van der Waals surface area (Å²) in [5.41, 5.74) is 5.39. The quantitative estimate of drug-likeness (QED) is 0.557. The zero-order valence-corrected chi connectivity index (χ0v) is 10.1. The summed E-state index contributed by atoms with van der Waals surface area (Å²) in [7, 11) is 0. The van der Waals surface area contributed by atoms with Crippen LogP contribution < -0.4 is 5.73 Å². The second-order valence-corrected chi connectivity index (χ2v) is 4.21. The maximum Gasteiger partial charge on any atom is 0.333 e. The van der Waals surface area contributed by atoms with Crippen molar-refractivity contribution in [2.24, 2.45) is 5.73 Å². The normalized spacial score (nSPS) is 18.2. The Hall–Kier alpha value is -1.01. The highest BCUT2D eigenvalue weighted by Gasteiger charge is 2.26. The van der Waals surface area contributed by atoms with Gasteiger partial charge in [-0.1, -0.05) is 11.8 Å². The molecule has 0 aliphatic carbocycles. The van der Waals surface area contributed by atoms with Crippen molar-refractivity contribution in [1.82, 2.24) is 4.90 Å². The number of ether oxygens (including phenoxy) is 1. The number of carbonyl (C=O) groups is 2. The average molecular weight is 244 g/mol. The molecule has 0 radical (unpaired) electrons. The van der Waals surface area contributed by atoms with E-state index >= 15 is 0 Å². The number of rotatable bonds is 5. The minimum Gasteiger partial charge on any atom is -0.463 e. The molecule has 1 saturated heterocycles. The number of esters is 1. The molecule has 1 amide bonds. The third-order valence-electron chi connectivity index (χ3n) is 2.02. The summed E-state index contributed by atoms with van der Waals surface area (Å²) in [6.07, 6.45) is 2.10. The standard InChI is InChI=1S/C10H16N2O3S/c1-2-15-10(14)6-9-12(5-3-4-11)8(13)7-16-9/h6H,2-5,7,11H2,1H3/b9-6-. The van der Waals surface area contributed by atoms with Crippen LogP contribution in [0.4, 0.5) is 0 Å². The lowest BCUT2D eigenvalue weighted by molar-refractivity contribution is -0.137. The lowest BCUT2D eigenvalue weighted by Gasteiger charge is -2.15. The smallest absolute Gasteiger partial charge is 0.333 e. The van der Waals surface area contributed by atoms with Crippen molar-refractivity contribution in [1.29, 1.82) is 0 Å². The van der Waals surface area contributed by atoms with E-state index in [4.69, 9.17) is 10.5 Å². The maximum absolute atomic E-state index is 11.5. The van der Waals surface area contributed by atoms with E-state index in [0.717, 1.165) is 6.42 Å². The molecule has 1 aliphatic heterocycles. The summed E-state index contributed by atoms with van der Waals surface area (Å²) in [6.45, 7) is 3.17. The molecular weight excluding hydrogens is 228 g/mol. The van der Waals surface area contributed by atoms with Crippen LogP contribution in [0.1, 0.15) is 13.3 Å². The van der Waals surface area contributed by atoms with Gasteiger partial charge in [-0.15, -0.1) is 0 Å². The van der Waals surface area contributed by atoms with E-state index in [-0.39, 0.29) is 5.91 Å². The molecule has 1 rings (SSSR count). The summed E-state index contributed by atoms with van der Waals surface area (Å²) in [6, 6.07) is 0. The van der Waals surface area contributed by atoms with E-state index in [0.29, 0.717) is 30.5 Å². The van der Waals surface area contributed by atoms with Crippen molar-refractivity contribution in [3.05, 3.63) is 11.1 Å². The van der Waals surface area contributed by atoms with Gasteiger partial charge in [-0.25, -0.2) is 4.79 Å². The van der Waals surface area contributed by atoms with Gasteiger partial charge in [0.2, 0.25) is 5.91 Å². The zero-order valence-electron chi connectivity index (χ0n) is 9.27. The third kappa shape index (κ3) is 3.53. The van der Waals surface area contributed by atoms with Gasteiger partial charge in [-0.2, -0.15) is 0 Å². The number of hydrogen-bond donors (Lipinski definition) is 1. The number of nitrogens with zero attached hydrogens (tertiary/aromatic N) is 1. The van der Waals surface area contributed by atoms with Gasteiger partial charge in [0.1, 0.15) is 0 Å². The molecule has 0 unspecified atom stereocenters. The second-order valence-electron chi connectivity index (χ2n) is 3.21. The topological polar surface area (TPSA) is 72.6 Å². The van der Waals surface area contributed by atoms with Crippen molar-refractivity contribution >= 4 is 23.6 Å². The molecule has 1 heterocycles. The molecule has 0 aromatic heterocycles. The van der Waals surface area contributed by atoms with Crippen molar-refractivity contribution < 1.29 is 14.3 Å². The Labute approximate surface area is 99.0 Å². The SMILES string of the molecule is CCOC(=O)/C=C1\SCC(=O)N1CCCN. The highest BCUT2D eigenvalue weighted by molar-refractivity contribution is 8.04. The van der Waals surface area contributed by atoms with Crippen LogP contribution in [0.5, 0.6) is 0 Å². The highest BCUT2D eigenvalue weighted by atomic mass is 32.2. The lowest BCUT2D eigenvalue weighted by atomic mass is 10.4. The first-order valence-electron chi connectivity index (χ1n) is 5.20. The zero-order chi connectivity index (χ0) is 12.0. The van der Waals surface area contributed by atoms with E-state index in [9.17, 15) is 9.59 Å². The van der Waals surface area contributed by atoms with E-state index < -0.39 is 5.97 Å². The Morgan fingerprint density at radius 2 is 2.44 bits per heavy atom. The molecule has 5 nitrogen and oxygen atoms in total. The van der Waals surface area contributed by atoms with Crippen LogP contribution in [0, 0.1) is 0 Å². The molecule has 16 heavy (non-hydrogen) atoms. The molecule has 0 spiro atoms. The minimum atomic E-state index is -0.405. The van der Waals surface area contributed by atoms with Crippen LogP contribution in [0.2, 0.25) is 0 Å². The summed E-state index contributed by atoms with van der Waals surface area (Å²) in [5, 5.41) is 0.664. The summed E-state index contributed by atoms with van der Waals surface area (Å²) < 4.78 is 4.80. The largest absolute Gasteiger partial charge is 0.463 e. The second kappa shape index (κ2) is 6.55. The molecule has 90 valence electrons. The van der Waals surface area contributed by atoms with Gasteiger partial charge < -0.3 is 15.4 Å². The summed E-state index contributed by atoms with van der Waals surface area (Å²) in [5.74, 6) is 0.00181.